The highest BCUT2D eigenvalue weighted by Crippen LogP contribution is 2.22. The highest BCUT2D eigenvalue weighted by atomic mass is 35.5. The molecule has 0 bridgehead atoms. The summed E-state index contributed by atoms with van der Waals surface area (Å²) in [5.41, 5.74) is 0.849. The predicted octanol–water partition coefficient (Wildman–Crippen LogP) is 1.62. The minimum atomic E-state index is -0.874. The number of hydrogen-bond donors (Lipinski definition) is 2. The van der Waals surface area contributed by atoms with Gasteiger partial charge in [0.05, 0.1) is 12.2 Å². The molecule has 1 aromatic carbocycles. The molecule has 118 valence electrons. The van der Waals surface area contributed by atoms with Gasteiger partial charge in [-0.05, 0) is 30.7 Å². The van der Waals surface area contributed by atoms with Gasteiger partial charge in [0.15, 0.2) is 6.61 Å². The number of aliphatic hydroxyl groups is 2. The lowest BCUT2D eigenvalue weighted by Gasteiger charge is -2.16. The fourth-order valence-corrected chi connectivity index (χ4v) is 2.21. The molecule has 0 saturated carbocycles. The number of nitrogens with zero attached hydrogens (tertiary/aromatic N) is 1. The van der Waals surface area contributed by atoms with Crippen LogP contribution >= 0.6 is 11.6 Å². The van der Waals surface area contributed by atoms with E-state index in [4.69, 9.17) is 16.3 Å². The van der Waals surface area contributed by atoms with Crippen LogP contribution in [0.15, 0.2) is 18.2 Å². The van der Waals surface area contributed by atoms with E-state index in [9.17, 15) is 15.0 Å². The average Bonchev–Trinajstić information content (AvgIpc) is 2.80. The molecule has 2 rings (SSSR count). The first-order valence-electron chi connectivity index (χ1n) is 7.00. The molecule has 0 spiro atoms. The smallest absolute Gasteiger partial charge is 0.260 e. The summed E-state index contributed by atoms with van der Waals surface area (Å²) in [5, 5.41) is 19.4. The number of carbonyl (C=O) groups is 1. The lowest BCUT2D eigenvalue weighted by atomic mass is 10.2. The van der Waals surface area contributed by atoms with Gasteiger partial charge in [-0.3, -0.25) is 4.79 Å². The van der Waals surface area contributed by atoms with E-state index in [1.807, 2.05) is 20.8 Å². The molecule has 5 nitrogen and oxygen atoms in total. The Hall–Kier alpha value is -1.30. The number of amides is 1. The summed E-state index contributed by atoms with van der Waals surface area (Å²) >= 11 is 5.83. The van der Waals surface area contributed by atoms with E-state index in [1.165, 1.54) is 4.90 Å². The summed E-state index contributed by atoms with van der Waals surface area (Å²) in [7, 11) is 0. The highest BCUT2D eigenvalue weighted by molar-refractivity contribution is 6.30. The molecule has 0 aromatic heterocycles. The Morgan fingerprint density at radius 3 is 2.43 bits per heavy atom. The topological polar surface area (TPSA) is 70.0 Å². The number of hydrogen-bond acceptors (Lipinski definition) is 4. The maximum atomic E-state index is 11.8. The normalized spacial score (nSPS) is 20.8. The number of aryl methyl sites for hydroxylation is 1. The van der Waals surface area contributed by atoms with E-state index in [0.29, 0.717) is 10.8 Å². The predicted molar refractivity (Wildman–Crippen MR) is 81.6 cm³/mol. The molecule has 1 aliphatic rings. The third-order valence-electron chi connectivity index (χ3n) is 3.10. The molecule has 1 fully saturated rings. The van der Waals surface area contributed by atoms with Gasteiger partial charge in [-0.2, -0.15) is 0 Å². The van der Waals surface area contributed by atoms with E-state index in [0.717, 1.165) is 5.56 Å². The number of aliphatic hydroxyl groups excluding tert-OH is 2. The Morgan fingerprint density at radius 1 is 1.33 bits per heavy atom. The fourth-order valence-electron chi connectivity index (χ4n) is 1.98. The van der Waals surface area contributed by atoms with Gasteiger partial charge < -0.3 is 19.8 Å². The van der Waals surface area contributed by atoms with Crippen molar-refractivity contribution >= 4 is 17.5 Å². The minimum absolute atomic E-state index is 0.123. The fraction of sp³-hybridized carbons (Fsp3) is 0.533. The van der Waals surface area contributed by atoms with Crippen LogP contribution in [0.4, 0.5) is 0 Å². The third-order valence-corrected chi connectivity index (χ3v) is 3.33. The van der Waals surface area contributed by atoms with Crippen molar-refractivity contribution in [2.45, 2.75) is 33.0 Å². The Kier molecular flexibility index (Phi) is 6.95. The molecule has 2 N–H and O–H groups in total. The van der Waals surface area contributed by atoms with Gasteiger partial charge in [-0.1, -0.05) is 25.4 Å². The van der Waals surface area contributed by atoms with E-state index in [1.54, 1.807) is 18.2 Å². The van der Waals surface area contributed by atoms with Crippen molar-refractivity contribution in [2.75, 3.05) is 19.7 Å². The van der Waals surface area contributed by atoms with Crippen molar-refractivity contribution in [2.24, 2.45) is 0 Å². The molecule has 6 heteroatoms. The molecule has 0 aliphatic carbocycles. The first kappa shape index (κ1) is 17.8. The second-order valence-electron chi connectivity index (χ2n) is 4.63. The second-order valence-corrected chi connectivity index (χ2v) is 5.07. The van der Waals surface area contributed by atoms with Gasteiger partial charge in [0, 0.05) is 18.1 Å². The number of carbonyl (C=O) groups excluding carboxylic acids is 1. The number of rotatable bonds is 3. The lowest BCUT2D eigenvalue weighted by molar-refractivity contribution is -0.132. The zero-order valence-corrected chi connectivity index (χ0v) is 13.3. The van der Waals surface area contributed by atoms with Crippen molar-refractivity contribution in [1.82, 2.24) is 4.90 Å². The second kappa shape index (κ2) is 8.22. The standard InChI is InChI=1S/C13H16ClNO4.C2H6/c1-8-4-9(14)2-3-12(8)19-7-13(18)15-5-10(16)11(17)6-15;1-2/h2-4,10-11,16-17H,5-7H2,1H3;1-2H3/t10-,11?;/m0./s1. The molecular weight excluding hydrogens is 294 g/mol. The van der Waals surface area contributed by atoms with Crippen LogP contribution in [0.1, 0.15) is 19.4 Å². The number of β-amino-alcohol motifs (C(OH)–C–C–N with tert-alkyl or cyclic N) is 2. The Morgan fingerprint density at radius 2 is 1.90 bits per heavy atom. The van der Waals surface area contributed by atoms with Gasteiger partial charge in [-0.25, -0.2) is 0 Å². The van der Waals surface area contributed by atoms with Crippen molar-refractivity contribution in [3.8, 4) is 5.75 Å². The van der Waals surface area contributed by atoms with E-state index in [-0.39, 0.29) is 25.6 Å². The van der Waals surface area contributed by atoms with E-state index < -0.39 is 12.2 Å². The van der Waals surface area contributed by atoms with Crippen LogP contribution in [0.2, 0.25) is 5.02 Å². The SMILES string of the molecule is CC.Cc1cc(Cl)ccc1OCC(=O)N1CC(O)[C@@H](O)C1. The third kappa shape index (κ3) is 4.88. The van der Waals surface area contributed by atoms with Gasteiger partial charge in [0.2, 0.25) is 0 Å². The molecule has 1 aromatic rings. The minimum Gasteiger partial charge on any atom is -0.483 e. The molecule has 1 saturated heterocycles. The number of benzene rings is 1. The monoisotopic (exact) mass is 315 g/mol. The van der Waals surface area contributed by atoms with Crippen LogP contribution in [0.5, 0.6) is 5.75 Å². The Labute approximate surface area is 130 Å². The Bertz CT molecular complexity index is 471. The van der Waals surface area contributed by atoms with Crippen LogP contribution in [0.25, 0.3) is 0 Å². The summed E-state index contributed by atoms with van der Waals surface area (Å²) in [6.45, 7) is 6.00. The largest absolute Gasteiger partial charge is 0.483 e. The van der Waals surface area contributed by atoms with E-state index >= 15 is 0 Å². The zero-order valence-electron chi connectivity index (χ0n) is 12.5. The zero-order chi connectivity index (χ0) is 16.0. The van der Waals surface area contributed by atoms with Crippen LogP contribution < -0.4 is 4.74 Å². The van der Waals surface area contributed by atoms with Gasteiger partial charge in [0.25, 0.3) is 5.91 Å². The number of likely N-dealkylation sites (tertiary alicyclic amines) is 1. The van der Waals surface area contributed by atoms with Crippen LogP contribution in [0.3, 0.4) is 0 Å². The van der Waals surface area contributed by atoms with Crippen LogP contribution in [0, 0.1) is 6.92 Å². The van der Waals surface area contributed by atoms with Crippen molar-refractivity contribution in [3.05, 3.63) is 28.8 Å². The molecule has 0 radical (unpaired) electrons. The molecule has 2 atom stereocenters. The summed E-state index contributed by atoms with van der Waals surface area (Å²) in [6, 6.07) is 5.15. The molecule has 1 unspecified atom stereocenters. The van der Waals surface area contributed by atoms with Gasteiger partial charge in [-0.15, -0.1) is 0 Å². The summed E-state index contributed by atoms with van der Waals surface area (Å²) in [5.74, 6) is 0.336. The lowest BCUT2D eigenvalue weighted by Crippen LogP contribution is -2.34. The average molecular weight is 316 g/mol. The molecule has 1 amide bonds. The van der Waals surface area contributed by atoms with Crippen molar-refractivity contribution < 1.29 is 19.7 Å². The van der Waals surface area contributed by atoms with Crippen LogP contribution in [-0.2, 0) is 4.79 Å². The summed E-state index contributed by atoms with van der Waals surface area (Å²) < 4.78 is 5.42. The van der Waals surface area contributed by atoms with Crippen LogP contribution in [-0.4, -0.2) is 52.9 Å². The quantitative estimate of drug-likeness (QED) is 0.889. The Balaban J connectivity index is 0.00000106. The number of halogens is 1. The van der Waals surface area contributed by atoms with Gasteiger partial charge >= 0.3 is 0 Å². The summed E-state index contributed by atoms with van der Waals surface area (Å²) in [4.78, 5) is 13.2. The van der Waals surface area contributed by atoms with Gasteiger partial charge in [0.1, 0.15) is 5.75 Å². The molecule has 1 aliphatic heterocycles. The first-order chi connectivity index (χ1) is 9.97. The molecular formula is C15H22ClNO4. The summed E-state index contributed by atoms with van der Waals surface area (Å²) in [6.07, 6.45) is -1.75. The first-order valence-corrected chi connectivity index (χ1v) is 7.38. The molecule has 1 heterocycles. The van der Waals surface area contributed by atoms with Crippen molar-refractivity contribution in [1.29, 1.82) is 0 Å². The molecule has 21 heavy (non-hydrogen) atoms. The maximum absolute atomic E-state index is 11.8. The van der Waals surface area contributed by atoms with E-state index in [2.05, 4.69) is 0 Å². The van der Waals surface area contributed by atoms with Crippen molar-refractivity contribution in [3.63, 3.8) is 0 Å². The number of ether oxygens (including phenoxy) is 1. The maximum Gasteiger partial charge on any atom is 0.260 e. The highest BCUT2D eigenvalue weighted by Gasteiger charge is 2.32.